The molecule has 0 aliphatic heterocycles. The number of nitrogens with zero attached hydrogens (tertiary/aromatic N) is 1. The predicted octanol–water partition coefficient (Wildman–Crippen LogP) is 3.83. The molecular weight excluding hydrogens is 244 g/mol. The summed E-state index contributed by atoms with van der Waals surface area (Å²) >= 11 is 6.41. The van der Waals surface area contributed by atoms with E-state index in [4.69, 9.17) is 11.6 Å². The maximum atomic E-state index is 6.41. The van der Waals surface area contributed by atoms with Crippen molar-refractivity contribution in [3.8, 4) is 0 Å². The number of nitrogens with one attached hydrogen (secondary N) is 1. The molecule has 0 unspecified atom stereocenters. The van der Waals surface area contributed by atoms with Gasteiger partial charge < -0.3 is 10.2 Å². The molecule has 3 heteroatoms. The highest BCUT2D eigenvalue weighted by atomic mass is 35.5. The highest BCUT2D eigenvalue weighted by Gasteiger charge is 2.20. The van der Waals surface area contributed by atoms with Crippen LogP contribution >= 0.6 is 11.6 Å². The number of hydrogen-bond donors (Lipinski definition) is 1. The van der Waals surface area contributed by atoms with E-state index in [9.17, 15) is 0 Å². The number of anilines is 1. The zero-order valence-corrected chi connectivity index (χ0v) is 12.3. The number of benzene rings is 1. The summed E-state index contributed by atoms with van der Waals surface area (Å²) in [6.07, 6.45) is 2.64. The van der Waals surface area contributed by atoms with E-state index in [1.807, 2.05) is 0 Å². The quantitative estimate of drug-likeness (QED) is 0.842. The van der Waals surface area contributed by atoms with E-state index in [0.717, 1.165) is 29.8 Å². The van der Waals surface area contributed by atoms with E-state index in [2.05, 4.69) is 49.2 Å². The SMILES string of the molecule is CCN(c1ccc(CNC2CC2)cc1Cl)C(C)C. The minimum atomic E-state index is 0.475. The van der Waals surface area contributed by atoms with Crippen molar-refractivity contribution in [3.05, 3.63) is 28.8 Å². The topological polar surface area (TPSA) is 15.3 Å². The molecule has 1 aliphatic rings. The lowest BCUT2D eigenvalue weighted by Gasteiger charge is -2.28. The summed E-state index contributed by atoms with van der Waals surface area (Å²) in [4.78, 5) is 2.32. The van der Waals surface area contributed by atoms with E-state index in [1.54, 1.807) is 0 Å². The molecule has 2 rings (SSSR count). The fourth-order valence-electron chi connectivity index (χ4n) is 2.26. The van der Waals surface area contributed by atoms with Crippen LogP contribution in [-0.2, 0) is 6.54 Å². The molecule has 1 aromatic carbocycles. The zero-order chi connectivity index (χ0) is 13.1. The lowest BCUT2D eigenvalue weighted by molar-refractivity contribution is 0.686. The molecule has 1 N–H and O–H groups in total. The van der Waals surface area contributed by atoms with Gasteiger partial charge in [-0.3, -0.25) is 0 Å². The molecular formula is C15H23ClN2. The Hall–Kier alpha value is -0.730. The van der Waals surface area contributed by atoms with Crippen molar-refractivity contribution in [3.63, 3.8) is 0 Å². The molecule has 0 amide bonds. The van der Waals surface area contributed by atoms with Crippen molar-refractivity contribution in [1.29, 1.82) is 0 Å². The summed E-state index contributed by atoms with van der Waals surface area (Å²) in [5, 5.41) is 4.37. The van der Waals surface area contributed by atoms with Gasteiger partial charge in [0.05, 0.1) is 10.7 Å². The van der Waals surface area contributed by atoms with Crippen LogP contribution in [0.4, 0.5) is 5.69 Å². The van der Waals surface area contributed by atoms with Crippen molar-refractivity contribution in [2.75, 3.05) is 11.4 Å². The first-order chi connectivity index (χ1) is 8.61. The van der Waals surface area contributed by atoms with E-state index >= 15 is 0 Å². The van der Waals surface area contributed by atoms with Crippen LogP contribution in [0, 0.1) is 0 Å². The van der Waals surface area contributed by atoms with E-state index in [0.29, 0.717) is 6.04 Å². The maximum Gasteiger partial charge on any atom is 0.0642 e. The molecule has 18 heavy (non-hydrogen) atoms. The van der Waals surface area contributed by atoms with Crippen molar-refractivity contribution < 1.29 is 0 Å². The number of halogens is 1. The van der Waals surface area contributed by atoms with Gasteiger partial charge >= 0.3 is 0 Å². The van der Waals surface area contributed by atoms with Gasteiger partial charge in [0.1, 0.15) is 0 Å². The van der Waals surface area contributed by atoms with Crippen molar-refractivity contribution in [2.45, 2.75) is 52.2 Å². The molecule has 2 nitrogen and oxygen atoms in total. The first-order valence-corrected chi connectivity index (χ1v) is 7.28. The second-order valence-corrected chi connectivity index (χ2v) is 5.73. The van der Waals surface area contributed by atoms with Gasteiger partial charge in [-0.15, -0.1) is 0 Å². The summed E-state index contributed by atoms with van der Waals surface area (Å²) in [6.45, 7) is 8.47. The van der Waals surface area contributed by atoms with Crippen molar-refractivity contribution in [2.24, 2.45) is 0 Å². The Bertz CT molecular complexity index is 399. The van der Waals surface area contributed by atoms with Crippen LogP contribution in [0.2, 0.25) is 5.02 Å². The van der Waals surface area contributed by atoms with Gasteiger partial charge in [-0.2, -0.15) is 0 Å². The van der Waals surface area contributed by atoms with Gasteiger partial charge in [0.25, 0.3) is 0 Å². The third kappa shape index (κ3) is 3.39. The number of hydrogen-bond acceptors (Lipinski definition) is 2. The fraction of sp³-hybridized carbons (Fsp3) is 0.600. The molecule has 0 heterocycles. The predicted molar refractivity (Wildman–Crippen MR) is 79.5 cm³/mol. The molecule has 1 saturated carbocycles. The van der Waals surface area contributed by atoms with Crippen LogP contribution < -0.4 is 10.2 Å². The minimum Gasteiger partial charge on any atom is -0.368 e. The summed E-state index contributed by atoms with van der Waals surface area (Å²) in [5.74, 6) is 0. The summed E-state index contributed by atoms with van der Waals surface area (Å²) in [5.41, 5.74) is 2.42. The fourth-order valence-corrected chi connectivity index (χ4v) is 2.57. The van der Waals surface area contributed by atoms with Crippen molar-refractivity contribution in [1.82, 2.24) is 5.32 Å². The highest BCUT2D eigenvalue weighted by molar-refractivity contribution is 6.33. The molecule has 100 valence electrons. The standard InChI is InChI=1S/C15H23ClN2/c1-4-18(11(2)3)15-8-5-12(9-14(15)16)10-17-13-6-7-13/h5,8-9,11,13,17H,4,6-7,10H2,1-3H3. The Labute approximate surface area is 115 Å². The largest absolute Gasteiger partial charge is 0.368 e. The first-order valence-electron chi connectivity index (χ1n) is 6.90. The molecule has 1 fully saturated rings. The van der Waals surface area contributed by atoms with E-state index in [1.165, 1.54) is 18.4 Å². The Morgan fingerprint density at radius 1 is 1.39 bits per heavy atom. The maximum absolute atomic E-state index is 6.41. The zero-order valence-electron chi connectivity index (χ0n) is 11.5. The second-order valence-electron chi connectivity index (χ2n) is 5.32. The van der Waals surface area contributed by atoms with E-state index < -0.39 is 0 Å². The van der Waals surface area contributed by atoms with Gasteiger partial charge in [0.15, 0.2) is 0 Å². The lowest BCUT2D eigenvalue weighted by atomic mass is 10.1. The number of rotatable bonds is 6. The Morgan fingerprint density at radius 2 is 2.11 bits per heavy atom. The average molecular weight is 267 g/mol. The first kappa shape index (κ1) is 13.7. The van der Waals surface area contributed by atoms with Gasteiger partial charge in [-0.1, -0.05) is 17.7 Å². The molecule has 0 saturated heterocycles. The van der Waals surface area contributed by atoms with Gasteiger partial charge in [0.2, 0.25) is 0 Å². The van der Waals surface area contributed by atoms with E-state index in [-0.39, 0.29) is 0 Å². The van der Waals surface area contributed by atoms with Crippen LogP contribution in [-0.4, -0.2) is 18.6 Å². The molecule has 1 aromatic rings. The Morgan fingerprint density at radius 3 is 2.61 bits per heavy atom. The van der Waals surface area contributed by atoms with Crippen molar-refractivity contribution >= 4 is 17.3 Å². The molecule has 1 aliphatic carbocycles. The minimum absolute atomic E-state index is 0.475. The third-order valence-corrected chi connectivity index (χ3v) is 3.76. The van der Waals surface area contributed by atoms with Crippen LogP contribution in [0.1, 0.15) is 39.2 Å². The summed E-state index contributed by atoms with van der Waals surface area (Å²) < 4.78 is 0. The lowest BCUT2D eigenvalue weighted by Crippen LogP contribution is -2.30. The summed E-state index contributed by atoms with van der Waals surface area (Å²) in [7, 11) is 0. The molecule has 0 bridgehead atoms. The van der Waals surface area contributed by atoms with Crippen LogP contribution in [0.25, 0.3) is 0 Å². The summed E-state index contributed by atoms with van der Waals surface area (Å²) in [6, 6.07) is 7.64. The second kappa shape index (κ2) is 5.94. The highest BCUT2D eigenvalue weighted by Crippen LogP contribution is 2.28. The monoisotopic (exact) mass is 266 g/mol. The molecule has 0 atom stereocenters. The average Bonchev–Trinajstić information content (AvgIpc) is 3.13. The Kier molecular flexibility index (Phi) is 4.52. The van der Waals surface area contributed by atoms with Crippen LogP contribution in [0.5, 0.6) is 0 Å². The smallest absolute Gasteiger partial charge is 0.0642 e. The van der Waals surface area contributed by atoms with Gasteiger partial charge in [-0.25, -0.2) is 0 Å². The molecule has 0 spiro atoms. The van der Waals surface area contributed by atoms with Gasteiger partial charge in [-0.05, 0) is 51.3 Å². The molecule has 0 aromatic heterocycles. The van der Waals surface area contributed by atoms with Crippen LogP contribution in [0.3, 0.4) is 0 Å². The normalized spacial score (nSPS) is 15.2. The van der Waals surface area contributed by atoms with Crippen LogP contribution in [0.15, 0.2) is 18.2 Å². The third-order valence-electron chi connectivity index (χ3n) is 3.46. The Balaban J connectivity index is 2.07. The molecule has 0 radical (unpaired) electrons. The van der Waals surface area contributed by atoms with Gasteiger partial charge in [0, 0.05) is 25.2 Å².